The van der Waals surface area contributed by atoms with Crippen molar-refractivity contribution in [3.05, 3.63) is 47.5 Å². The van der Waals surface area contributed by atoms with Gasteiger partial charge < -0.3 is 15.1 Å². The third-order valence-electron chi connectivity index (χ3n) is 7.66. The summed E-state index contributed by atoms with van der Waals surface area (Å²) in [7, 11) is -3.68. The van der Waals surface area contributed by atoms with Crippen LogP contribution in [-0.2, 0) is 26.0 Å². The number of fused-ring (bicyclic) bond motifs is 1. The molecule has 0 aliphatic carbocycles. The summed E-state index contributed by atoms with van der Waals surface area (Å²) in [4.78, 5) is 29.2. The van der Waals surface area contributed by atoms with Gasteiger partial charge in [-0.05, 0) is 94.5 Å². The minimum Gasteiger partial charge on any atom is -0.372 e. The highest BCUT2D eigenvalue weighted by molar-refractivity contribution is 7.89. The van der Waals surface area contributed by atoms with Gasteiger partial charge in [-0.25, -0.2) is 8.42 Å². The fraction of sp³-hybridized carbons (Fsp3) is 0.500. The number of piperidine rings is 1. The van der Waals surface area contributed by atoms with Crippen LogP contribution in [0.25, 0.3) is 0 Å². The number of anilines is 3. The molecule has 2 amide bonds. The van der Waals surface area contributed by atoms with E-state index >= 15 is 0 Å². The number of carbonyl (C=O) groups is 2. The van der Waals surface area contributed by atoms with E-state index in [1.54, 1.807) is 23.1 Å². The molecule has 0 unspecified atom stereocenters. The van der Waals surface area contributed by atoms with Crippen molar-refractivity contribution in [3.63, 3.8) is 0 Å². The summed E-state index contributed by atoms with van der Waals surface area (Å²) in [5, 5.41) is 3.06. The Morgan fingerprint density at radius 1 is 1.05 bits per heavy atom. The Morgan fingerprint density at radius 2 is 1.73 bits per heavy atom. The molecule has 37 heavy (non-hydrogen) atoms. The van der Waals surface area contributed by atoms with E-state index < -0.39 is 10.0 Å². The fourth-order valence-electron chi connectivity index (χ4n) is 5.56. The first kappa shape index (κ1) is 27.1. The summed E-state index contributed by atoms with van der Waals surface area (Å²) < 4.78 is 28.2. The molecule has 2 aromatic rings. The topological polar surface area (TPSA) is 90.0 Å². The summed E-state index contributed by atoms with van der Waals surface area (Å²) in [6.07, 6.45) is 1.58. The first-order chi connectivity index (χ1) is 17.6. The van der Waals surface area contributed by atoms with Crippen LogP contribution in [0.3, 0.4) is 0 Å². The Hall–Kier alpha value is -2.91. The van der Waals surface area contributed by atoms with Gasteiger partial charge in [0, 0.05) is 62.1 Å². The number of amides is 2. The Morgan fingerprint density at radius 3 is 2.32 bits per heavy atom. The molecule has 200 valence electrons. The van der Waals surface area contributed by atoms with Crippen LogP contribution in [0.1, 0.15) is 51.7 Å². The number of sulfonamides is 1. The molecular weight excluding hydrogens is 488 g/mol. The minimum absolute atomic E-state index is 0.0109. The number of hydrogen-bond acceptors (Lipinski definition) is 5. The molecule has 2 heterocycles. The monoisotopic (exact) mass is 526 g/mol. The zero-order chi connectivity index (χ0) is 26.9. The summed E-state index contributed by atoms with van der Waals surface area (Å²) in [6, 6.07) is 11.1. The van der Waals surface area contributed by atoms with Gasteiger partial charge >= 0.3 is 0 Å². The Kier molecular flexibility index (Phi) is 7.94. The smallest absolute Gasteiger partial charge is 0.243 e. The van der Waals surface area contributed by atoms with Crippen LogP contribution in [0.15, 0.2) is 41.3 Å². The van der Waals surface area contributed by atoms with Crippen LogP contribution in [0.2, 0.25) is 0 Å². The highest BCUT2D eigenvalue weighted by atomic mass is 32.2. The highest BCUT2D eigenvalue weighted by Crippen LogP contribution is 2.35. The van der Waals surface area contributed by atoms with Gasteiger partial charge in [0.15, 0.2) is 0 Å². The van der Waals surface area contributed by atoms with Crippen LogP contribution in [0, 0.1) is 12.8 Å². The van der Waals surface area contributed by atoms with Gasteiger partial charge in [-0.1, -0.05) is 0 Å². The zero-order valence-corrected chi connectivity index (χ0v) is 23.3. The molecule has 8 nitrogen and oxygen atoms in total. The van der Waals surface area contributed by atoms with E-state index in [1.807, 2.05) is 26.0 Å². The molecule has 0 bridgehead atoms. The van der Waals surface area contributed by atoms with Crippen molar-refractivity contribution in [2.45, 2.75) is 64.8 Å². The van der Waals surface area contributed by atoms with Crippen molar-refractivity contribution in [2.24, 2.45) is 5.92 Å². The van der Waals surface area contributed by atoms with E-state index in [4.69, 9.17) is 0 Å². The standard InChI is InChI=1S/C28H38N4O4S/c1-6-30(7-2)24-8-10-26(19(3)16-24)29-28(34)22-12-14-31(15-13-22)37(35,36)25-9-11-27-23(18-25)17-20(4)32(27)21(5)33/h8-11,16,18,20,22H,6-7,12-15,17H2,1-5H3,(H,29,34)/t20-/m1/s1. The summed E-state index contributed by atoms with van der Waals surface area (Å²) >= 11 is 0. The maximum Gasteiger partial charge on any atom is 0.243 e. The van der Waals surface area contributed by atoms with Crippen LogP contribution < -0.4 is 15.1 Å². The fourth-order valence-corrected chi connectivity index (χ4v) is 7.08. The predicted octanol–water partition coefficient (Wildman–Crippen LogP) is 4.18. The number of rotatable bonds is 7. The maximum atomic E-state index is 13.4. The van der Waals surface area contributed by atoms with Crippen LogP contribution in [-0.4, -0.2) is 56.8 Å². The molecule has 1 fully saturated rings. The van der Waals surface area contributed by atoms with Gasteiger partial charge in [-0.2, -0.15) is 4.31 Å². The van der Waals surface area contributed by atoms with Gasteiger partial charge in [-0.15, -0.1) is 0 Å². The quantitative estimate of drug-likeness (QED) is 0.585. The SMILES string of the molecule is CCN(CC)c1ccc(NC(=O)C2CCN(S(=O)(=O)c3ccc4c(c3)C[C@@H](C)N4C(C)=O)CC2)c(C)c1. The number of nitrogens with zero attached hydrogens (tertiary/aromatic N) is 3. The molecule has 0 aromatic heterocycles. The van der Waals surface area contributed by atoms with Gasteiger partial charge in [0.2, 0.25) is 21.8 Å². The van der Waals surface area contributed by atoms with Crippen molar-refractivity contribution in [1.29, 1.82) is 0 Å². The maximum absolute atomic E-state index is 13.4. The van der Waals surface area contributed by atoms with Crippen LogP contribution in [0.5, 0.6) is 0 Å². The molecule has 2 aromatic carbocycles. The number of carbonyl (C=O) groups excluding carboxylic acids is 2. The van der Waals surface area contributed by atoms with E-state index in [2.05, 4.69) is 30.1 Å². The largest absolute Gasteiger partial charge is 0.372 e. The van der Waals surface area contributed by atoms with Gasteiger partial charge in [0.05, 0.1) is 4.90 Å². The van der Waals surface area contributed by atoms with Gasteiger partial charge in [0.1, 0.15) is 0 Å². The van der Waals surface area contributed by atoms with Crippen molar-refractivity contribution in [3.8, 4) is 0 Å². The summed E-state index contributed by atoms with van der Waals surface area (Å²) in [6.45, 7) is 12.2. The lowest BCUT2D eigenvalue weighted by molar-refractivity contribution is -0.121. The average molecular weight is 527 g/mol. The molecular formula is C28H38N4O4S. The van der Waals surface area contributed by atoms with E-state index in [0.717, 1.165) is 41.3 Å². The number of benzene rings is 2. The predicted molar refractivity (Wildman–Crippen MR) is 148 cm³/mol. The third kappa shape index (κ3) is 5.38. The first-order valence-electron chi connectivity index (χ1n) is 13.2. The summed E-state index contributed by atoms with van der Waals surface area (Å²) in [5.41, 5.74) is 4.60. The molecule has 9 heteroatoms. The molecule has 1 atom stereocenters. The molecule has 0 spiro atoms. The third-order valence-corrected chi connectivity index (χ3v) is 9.56. The van der Waals surface area contributed by atoms with Crippen molar-refractivity contribution in [2.75, 3.05) is 41.3 Å². The van der Waals surface area contributed by atoms with Crippen molar-refractivity contribution < 1.29 is 18.0 Å². The molecule has 0 saturated carbocycles. The molecule has 2 aliphatic heterocycles. The molecule has 2 aliphatic rings. The Bertz CT molecular complexity index is 1280. The van der Waals surface area contributed by atoms with Crippen LogP contribution >= 0.6 is 0 Å². The van der Waals surface area contributed by atoms with E-state index in [0.29, 0.717) is 32.4 Å². The zero-order valence-electron chi connectivity index (χ0n) is 22.5. The van der Waals surface area contributed by atoms with Crippen molar-refractivity contribution in [1.82, 2.24) is 4.31 Å². The van der Waals surface area contributed by atoms with E-state index in [-0.39, 0.29) is 28.7 Å². The number of hydrogen-bond donors (Lipinski definition) is 1. The second-order valence-electron chi connectivity index (χ2n) is 10.1. The Labute approximate surface area is 220 Å². The second-order valence-corrected chi connectivity index (χ2v) is 12.0. The average Bonchev–Trinajstić information content (AvgIpc) is 3.21. The van der Waals surface area contributed by atoms with Crippen LogP contribution in [0.4, 0.5) is 17.1 Å². The lowest BCUT2D eigenvalue weighted by Gasteiger charge is -2.31. The molecule has 0 radical (unpaired) electrons. The lowest BCUT2D eigenvalue weighted by atomic mass is 9.97. The number of aryl methyl sites for hydroxylation is 1. The Balaban J connectivity index is 1.39. The second kappa shape index (κ2) is 10.8. The van der Waals surface area contributed by atoms with Crippen molar-refractivity contribution >= 4 is 38.9 Å². The van der Waals surface area contributed by atoms with E-state index in [9.17, 15) is 18.0 Å². The first-order valence-corrected chi connectivity index (χ1v) is 14.6. The summed E-state index contributed by atoms with van der Waals surface area (Å²) in [5.74, 6) is -0.345. The molecule has 4 rings (SSSR count). The molecule has 1 N–H and O–H groups in total. The highest BCUT2D eigenvalue weighted by Gasteiger charge is 2.34. The lowest BCUT2D eigenvalue weighted by Crippen LogP contribution is -2.41. The van der Waals surface area contributed by atoms with Gasteiger partial charge in [-0.3, -0.25) is 9.59 Å². The van der Waals surface area contributed by atoms with Gasteiger partial charge in [0.25, 0.3) is 0 Å². The molecule has 1 saturated heterocycles. The van der Waals surface area contributed by atoms with E-state index in [1.165, 1.54) is 11.2 Å². The normalized spacial score (nSPS) is 18.5. The number of nitrogens with one attached hydrogen (secondary N) is 1. The minimum atomic E-state index is -3.68.